The summed E-state index contributed by atoms with van der Waals surface area (Å²) in [6.45, 7) is 2.17. The smallest absolute Gasteiger partial charge is 0.136 e. The third-order valence-corrected chi connectivity index (χ3v) is 3.19. The number of nitrogen functional groups attached to an aromatic ring is 1. The predicted octanol–water partition coefficient (Wildman–Crippen LogP) is 2.59. The highest BCUT2D eigenvalue weighted by molar-refractivity contribution is 9.10. The molecule has 1 unspecified atom stereocenters. The van der Waals surface area contributed by atoms with E-state index in [1.54, 1.807) is 6.20 Å². The molecule has 2 rings (SSSR count). The Morgan fingerprint density at radius 1 is 1.77 bits per heavy atom. The van der Waals surface area contributed by atoms with Crippen LogP contribution in [0.2, 0.25) is 0 Å². The van der Waals surface area contributed by atoms with Crippen LogP contribution in [0, 0.1) is 5.92 Å². The van der Waals surface area contributed by atoms with Crippen LogP contribution in [0.15, 0.2) is 10.7 Å². The van der Waals surface area contributed by atoms with E-state index in [2.05, 4.69) is 28.0 Å². The summed E-state index contributed by atoms with van der Waals surface area (Å²) in [6, 6.07) is 0.429. The SMILES string of the molecule is CC(CC1CC1)n1ncc(Br)c1N. The summed E-state index contributed by atoms with van der Waals surface area (Å²) in [7, 11) is 0. The Bertz CT molecular complexity index is 304. The highest BCUT2D eigenvalue weighted by Crippen LogP contribution is 2.37. The zero-order valence-corrected chi connectivity index (χ0v) is 9.29. The van der Waals surface area contributed by atoms with E-state index < -0.39 is 0 Å². The summed E-state index contributed by atoms with van der Waals surface area (Å²) < 4.78 is 2.80. The van der Waals surface area contributed by atoms with Crippen molar-refractivity contribution in [1.82, 2.24) is 9.78 Å². The molecule has 72 valence electrons. The van der Waals surface area contributed by atoms with Crippen LogP contribution in [0.5, 0.6) is 0 Å². The molecule has 0 spiro atoms. The Morgan fingerprint density at radius 3 is 2.92 bits per heavy atom. The molecule has 0 radical (unpaired) electrons. The Balaban J connectivity index is 2.09. The van der Waals surface area contributed by atoms with Crippen molar-refractivity contribution in [3.63, 3.8) is 0 Å². The molecular weight excluding hydrogens is 230 g/mol. The van der Waals surface area contributed by atoms with Crippen molar-refractivity contribution in [1.29, 1.82) is 0 Å². The van der Waals surface area contributed by atoms with Crippen LogP contribution in [-0.4, -0.2) is 9.78 Å². The first-order chi connectivity index (χ1) is 6.18. The fraction of sp³-hybridized carbons (Fsp3) is 0.667. The third-order valence-electron chi connectivity index (χ3n) is 2.58. The Kier molecular flexibility index (Phi) is 2.32. The van der Waals surface area contributed by atoms with Gasteiger partial charge in [-0.05, 0) is 35.2 Å². The van der Waals surface area contributed by atoms with Crippen LogP contribution in [0.4, 0.5) is 5.82 Å². The van der Waals surface area contributed by atoms with Crippen molar-refractivity contribution in [2.75, 3.05) is 5.73 Å². The first-order valence-corrected chi connectivity index (χ1v) is 5.46. The first kappa shape index (κ1) is 9.06. The number of nitrogens with zero attached hydrogens (tertiary/aromatic N) is 2. The van der Waals surface area contributed by atoms with Gasteiger partial charge in [0.25, 0.3) is 0 Å². The summed E-state index contributed by atoms with van der Waals surface area (Å²) in [5.41, 5.74) is 5.85. The molecule has 1 aliphatic rings. The van der Waals surface area contributed by atoms with E-state index in [0.29, 0.717) is 6.04 Å². The second-order valence-corrected chi connectivity index (χ2v) is 4.70. The van der Waals surface area contributed by atoms with Gasteiger partial charge in [0.15, 0.2) is 0 Å². The van der Waals surface area contributed by atoms with Crippen molar-refractivity contribution in [3.05, 3.63) is 10.7 Å². The zero-order valence-electron chi connectivity index (χ0n) is 7.70. The molecule has 1 atom stereocenters. The summed E-state index contributed by atoms with van der Waals surface area (Å²) in [4.78, 5) is 0. The van der Waals surface area contributed by atoms with E-state index in [1.807, 2.05) is 4.68 Å². The van der Waals surface area contributed by atoms with E-state index in [0.717, 1.165) is 16.2 Å². The van der Waals surface area contributed by atoms with Gasteiger partial charge in [-0.15, -0.1) is 0 Å². The summed E-state index contributed by atoms with van der Waals surface area (Å²) in [5.74, 6) is 1.66. The minimum Gasteiger partial charge on any atom is -0.383 e. The van der Waals surface area contributed by atoms with E-state index in [1.165, 1.54) is 19.3 Å². The number of rotatable bonds is 3. The van der Waals surface area contributed by atoms with E-state index in [4.69, 9.17) is 5.73 Å². The van der Waals surface area contributed by atoms with Crippen LogP contribution in [-0.2, 0) is 0 Å². The van der Waals surface area contributed by atoms with Crippen molar-refractivity contribution in [2.45, 2.75) is 32.2 Å². The topological polar surface area (TPSA) is 43.8 Å². The first-order valence-electron chi connectivity index (χ1n) is 4.67. The van der Waals surface area contributed by atoms with Gasteiger partial charge in [-0.25, -0.2) is 4.68 Å². The van der Waals surface area contributed by atoms with Crippen molar-refractivity contribution >= 4 is 21.7 Å². The summed E-state index contributed by atoms with van der Waals surface area (Å²) >= 11 is 3.36. The van der Waals surface area contributed by atoms with Crippen molar-refractivity contribution in [2.24, 2.45) is 5.92 Å². The molecule has 1 aromatic heterocycles. The number of hydrogen-bond acceptors (Lipinski definition) is 2. The van der Waals surface area contributed by atoms with Gasteiger partial charge in [-0.3, -0.25) is 0 Å². The number of aromatic nitrogens is 2. The second-order valence-electron chi connectivity index (χ2n) is 3.85. The quantitative estimate of drug-likeness (QED) is 0.888. The lowest BCUT2D eigenvalue weighted by atomic mass is 10.2. The third kappa shape index (κ3) is 1.88. The fourth-order valence-electron chi connectivity index (χ4n) is 1.64. The molecular formula is C9H14BrN3. The summed E-state index contributed by atoms with van der Waals surface area (Å²) in [6.07, 6.45) is 5.73. The average Bonchev–Trinajstić information content (AvgIpc) is 2.82. The lowest BCUT2D eigenvalue weighted by Gasteiger charge is -2.12. The molecule has 0 amide bonds. The monoisotopic (exact) mass is 243 g/mol. The Labute approximate surface area is 86.4 Å². The van der Waals surface area contributed by atoms with Gasteiger partial charge in [0.1, 0.15) is 5.82 Å². The molecule has 0 aliphatic heterocycles. The molecule has 0 saturated heterocycles. The molecule has 0 bridgehead atoms. The maximum atomic E-state index is 5.85. The van der Waals surface area contributed by atoms with E-state index in [9.17, 15) is 0 Å². The molecule has 2 N–H and O–H groups in total. The standard InChI is InChI=1S/C9H14BrN3/c1-6(4-7-2-3-7)13-9(11)8(10)5-12-13/h5-7H,2-4,11H2,1H3. The molecule has 4 heteroatoms. The Morgan fingerprint density at radius 2 is 2.46 bits per heavy atom. The van der Waals surface area contributed by atoms with Gasteiger partial charge in [-0.1, -0.05) is 12.8 Å². The van der Waals surface area contributed by atoms with Crippen LogP contribution in [0.25, 0.3) is 0 Å². The summed E-state index contributed by atoms with van der Waals surface area (Å²) in [5, 5.41) is 4.24. The van der Waals surface area contributed by atoms with Gasteiger partial charge < -0.3 is 5.73 Å². The van der Waals surface area contributed by atoms with E-state index in [-0.39, 0.29) is 0 Å². The van der Waals surface area contributed by atoms with Crippen molar-refractivity contribution in [3.8, 4) is 0 Å². The second kappa shape index (κ2) is 3.33. The highest BCUT2D eigenvalue weighted by atomic mass is 79.9. The van der Waals surface area contributed by atoms with Crippen LogP contribution in [0.1, 0.15) is 32.2 Å². The molecule has 0 aromatic carbocycles. The Hall–Kier alpha value is -0.510. The minimum atomic E-state index is 0.429. The molecule has 3 nitrogen and oxygen atoms in total. The van der Waals surface area contributed by atoms with Gasteiger partial charge >= 0.3 is 0 Å². The lowest BCUT2D eigenvalue weighted by molar-refractivity contribution is 0.442. The van der Waals surface area contributed by atoms with E-state index >= 15 is 0 Å². The highest BCUT2D eigenvalue weighted by Gasteiger charge is 2.25. The molecule has 1 heterocycles. The van der Waals surface area contributed by atoms with Crippen molar-refractivity contribution < 1.29 is 0 Å². The van der Waals surface area contributed by atoms with Crippen LogP contribution >= 0.6 is 15.9 Å². The molecule has 13 heavy (non-hydrogen) atoms. The molecule has 1 saturated carbocycles. The predicted molar refractivity (Wildman–Crippen MR) is 56.4 cm³/mol. The number of anilines is 1. The van der Waals surface area contributed by atoms with Gasteiger partial charge in [0.2, 0.25) is 0 Å². The van der Waals surface area contributed by atoms with Gasteiger partial charge in [0, 0.05) is 0 Å². The largest absolute Gasteiger partial charge is 0.383 e. The maximum Gasteiger partial charge on any atom is 0.136 e. The average molecular weight is 244 g/mol. The molecule has 1 fully saturated rings. The number of halogens is 1. The fourth-order valence-corrected chi connectivity index (χ4v) is 1.91. The number of hydrogen-bond donors (Lipinski definition) is 1. The van der Waals surface area contributed by atoms with Crippen LogP contribution in [0.3, 0.4) is 0 Å². The minimum absolute atomic E-state index is 0.429. The molecule has 1 aliphatic carbocycles. The molecule has 1 aromatic rings. The van der Waals surface area contributed by atoms with Gasteiger partial charge in [-0.2, -0.15) is 5.10 Å². The van der Waals surface area contributed by atoms with Gasteiger partial charge in [0.05, 0.1) is 16.7 Å². The number of nitrogens with two attached hydrogens (primary N) is 1. The normalized spacial score (nSPS) is 18.9. The zero-order chi connectivity index (χ0) is 9.42. The lowest BCUT2D eigenvalue weighted by Crippen LogP contribution is -2.10. The maximum absolute atomic E-state index is 5.85. The van der Waals surface area contributed by atoms with Crippen LogP contribution < -0.4 is 5.73 Å².